The Morgan fingerprint density at radius 1 is 1.30 bits per heavy atom. The van der Waals surface area contributed by atoms with Crippen molar-refractivity contribution in [2.24, 2.45) is 0 Å². The predicted molar refractivity (Wildman–Crippen MR) is 78.6 cm³/mol. The number of aromatic nitrogens is 2. The van der Waals surface area contributed by atoms with Crippen molar-refractivity contribution in [3.8, 4) is 11.8 Å². The van der Waals surface area contributed by atoms with E-state index < -0.39 is 0 Å². The molecule has 0 saturated heterocycles. The van der Waals surface area contributed by atoms with E-state index in [1.807, 2.05) is 44.3 Å². The van der Waals surface area contributed by atoms with Crippen LogP contribution in [0.5, 0.6) is 0 Å². The first-order chi connectivity index (χ1) is 9.61. The van der Waals surface area contributed by atoms with Crippen LogP contribution in [0.25, 0.3) is 0 Å². The summed E-state index contributed by atoms with van der Waals surface area (Å²) in [5.74, 6) is 5.48. The van der Waals surface area contributed by atoms with E-state index in [1.54, 1.807) is 15.3 Å². The summed E-state index contributed by atoms with van der Waals surface area (Å²) in [6, 6.07) is 7.84. The molecule has 2 aromatic rings. The van der Waals surface area contributed by atoms with Crippen molar-refractivity contribution in [2.75, 3.05) is 6.61 Å². The molecule has 1 aromatic heterocycles. The van der Waals surface area contributed by atoms with Crippen LogP contribution in [0.2, 0.25) is 0 Å². The van der Waals surface area contributed by atoms with Gasteiger partial charge in [0.2, 0.25) is 0 Å². The molecule has 104 valence electrons. The SMILES string of the molecule is CC(C)n1ccn(Cc2cccc(C#CCO)c2)c1=O. The Kier molecular flexibility index (Phi) is 4.44. The molecule has 0 atom stereocenters. The quantitative estimate of drug-likeness (QED) is 0.862. The van der Waals surface area contributed by atoms with Crippen LogP contribution in [0.15, 0.2) is 41.5 Å². The number of hydrogen-bond donors (Lipinski definition) is 1. The first kappa shape index (κ1) is 14.2. The number of nitrogens with zero attached hydrogens (tertiary/aromatic N) is 2. The first-order valence-electron chi connectivity index (χ1n) is 6.57. The van der Waals surface area contributed by atoms with Gasteiger partial charge >= 0.3 is 5.69 Å². The van der Waals surface area contributed by atoms with Gasteiger partial charge in [0.15, 0.2) is 0 Å². The third-order valence-corrected chi connectivity index (χ3v) is 3.02. The van der Waals surface area contributed by atoms with Crippen LogP contribution in [0.1, 0.15) is 31.0 Å². The van der Waals surface area contributed by atoms with Crippen molar-refractivity contribution in [3.05, 3.63) is 58.3 Å². The summed E-state index contributed by atoms with van der Waals surface area (Å²) < 4.78 is 3.38. The molecule has 4 heteroatoms. The number of benzene rings is 1. The summed E-state index contributed by atoms with van der Waals surface area (Å²) >= 11 is 0. The Labute approximate surface area is 118 Å². The molecule has 20 heavy (non-hydrogen) atoms. The highest BCUT2D eigenvalue weighted by molar-refractivity contribution is 5.37. The fraction of sp³-hybridized carbons (Fsp3) is 0.312. The lowest BCUT2D eigenvalue weighted by molar-refractivity contribution is 0.350. The van der Waals surface area contributed by atoms with E-state index in [0.29, 0.717) is 6.54 Å². The van der Waals surface area contributed by atoms with E-state index in [2.05, 4.69) is 11.8 Å². The number of aliphatic hydroxyl groups excluding tert-OH is 1. The molecule has 0 bridgehead atoms. The number of rotatable bonds is 3. The topological polar surface area (TPSA) is 47.2 Å². The minimum absolute atomic E-state index is 0.00755. The lowest BCUT2D eigenvalue weighted by Gasteiger charge is -2.05. The maximum atomic E-state index is 12.1. The third-order valence-electron chi connectivity index (χ3n) is 3.02. The molecule has 2 rings (SSSR count). The van der Waals surface area contributed by atoms with Crippen LogP contribution in [-0.2, 0) is 6.54 Å². The fourth-order valence-electron chi connectivity index (χ4n) is 2.03. The highest BCUT2D eigenvalue weighted by atomic mass is 16.2. The number of imidazole rings is 1. The molecule has 0 saturated carbocycles. The van der Waals surface area contributed by atoms with Crippen molar-refractivity contribution in [1.29, 1.82) is 0 Å². The minimum Gasteiger partial charge on any atom is -0.384 e. The number of hydrogen-bond acceptors (Lipinski definition) is 2. The van der Waals surface area contributed by atoms with E-state index in [4.69, 9.17) is 5.11 Å². The Bertz CT molecular complexity index is 699. The number of aliphatic hydroxyl groups is 1. The Morgan fingerprint density at radius 3 is 2.75 bits per heavy atom. The van der Waals surface area contributed by atoms with Gasteiger partial charge in [-0.15, -0.1) is 0 Å². The maximum Gasteiger partial charge on any atom is 0.328 e. The van der Waals surface area contributed by atoms with Gasteiger partial charge in [-0.3, -0.25) is 9.13 Å². The summed E-state index contributed by atoms with van der Waals surface area (Å²) in [6.07, 6.45) is 3.61. The molecular formula is C16H18N2O2. The second kappa shape index (κ2) is 6.27. The normalized spacial score (nSPS) is 10.4. The maximum absolute atomic E-state index is 12.1. The highest BCUT2D eigenvalue weighted by Crippen LogP contribution is 2.06. The van der Waals surface area contributed by atoms with Crippen molar-refractivity contribution in [3.63, 3.8) is 0 Å². The van der Waals surface area contributed by atoms with Crippen LogP contribution in [0, 0.1) is 11.8 Å². The van der Waals surface area contributed by atoms with Crippen molar-refractivity contribution in [1.82, 2.24) is 9.13 Å². The average molecular weight is 270 g/mol. The Balaban J connectivity index is 2.24. The van der Waals surface area contributed by atoms with Crippen LogP contribution < -0.4 is 5.69 Å². The smallest absolute Gasteiger partial charge is 0.328 e. The van der Waals surface area contributed by atoms with Gasteiger partial charge in [-0.05, 0) is 31.5 Å². The monoisotopic (exact) mass is 270 g/mol. The zero-order valence-corrected chi connectivity index (χ0v) is 11.7. The van der Waals surface area contributed by atoms with Gasteiger partial charge in [0.05, 0.1) is 6.54 Å². The molecule has 0 aliphatic carbocycles. The van der Waals surface area contributed by atoms with Crippen LogP contribution in [-0.4, -0.2) is 20.8 Å². The molecule has 4 nitrogen and oxygen atoms in total. The summed E-state index contributed by atoms with van der Waals surface area (Å²) in [5, 5.41) is 8.70. The molecule has 1 aromatic carbocycles. The lowest BCUT2D eigenvalue weighted by atomic mass is 10.1. The summed E-state index contributed by atoms with van der Waals surface area (Å²) in [5.41, 5.74) is 1.85. The highest BCUT2D eigenvalue weighted by Gasteiger charge is 2.06. The largest absolute Gasteiger partial charge is 0.384 e. The predicted octanol–water partition coefficient (Wildman–Crippen LogP) is 1.62. The van der Waals surface area contributed by atoms with Gasteiger partial charge in [0, 0.05) is 24.0 Å². The van der Waals surface area contributed by atoms with Gasteiger partial charge in [-0.1, -0.05) is 24.0 Å². The third kappa shape index (κ3) is 3.19. The van der Waals surface area contributed by atoms with Crippen molar-refractivity contribution < 1.29 is 5.11 Å². The Morgan fingerprint density at radius 2 is 2.10 bits per heavy atom. The van der Waals surface area contributed by atoms with Gasteiger partial charge < -0.3 is 5.11 Å². The van der Waals surface area contributed by atoms with E-state index in [1.165, 1.54) is 0 Å². The standard InChI is InChI=1S/C16H18N2O2/c1-13(2)18-9-8-17(16(18)20)12-15-6-3-5-14(11-15)7-4-10-19/h3,5-6,8-9,11,13,19H,10,12H2,1-2H3. The van der Waals surface area contributed by atoms with Gasteiger partial charge in [0.1, 0.15) is 6.61 Å². The molecule has 0 aliphatic rings. The van der Waals surface area contributed by atoms with Crippen molar-refractivity contribution in [2.45, 2.75) is 26.4 Å². The van der Waals surface area contributed by atoms with Gasteiger partial charge in [-0.2, -0.15) is 0 Å². The molecule has 0 spiro atoms. The molecular weight excluding hydrogens is 252 g/mol. The van der Waals surface area contributed by atoms with E-state index in [-0.39, 0.29) is 18.3 Å². The average Bonchev–Trinajstić information content (AvgIpc) is 2.78. The summed E-state index contributed by atoms with van der Waals surface area (Å²) in [6.45, 7) is 4.34. The van der Waals surface area contributed by atoms with E-state index in [9.17, 15) is 4.79 Å². The molecule has 0 radical (unpaired) electrons. The van der Waals surface area contributed by atoms with Crippen molar-refractivity contribution >= 4 is 0 Å². The summed E-state index contributed by atoms with van der Waals surface area (Å²) in [7, 11) is 0. The molecule has 0 aliphatic heterocycles. The zero-order chi connectivity index (χ0) is 14.5. The van der Waals surface area contributed by atoms with E-state index >= 15 is 0 Å². The summed E-state index contributed by atoms with van der Waals surface area (Å²) in [4.78, 5) is 12.1. The lowest BCUT2D eigenvalue weighted by Crippen LogP contribution is -2.25. The molecule has 1 N–H and O–H groups in total. The Hall–Kier alpha value is -2.25. The molecule has 0 unspecified atom stereocenters. The molecule has 1 heterocycles. The molecule has 0 amide bonds. The minimum atomic E-state index is -0.152. The van der Waals surface area contributed by atoms with Gasteiger partial charge in [0.25, 0.3) is 0 Å². The second-order valence-corrected chi connectivity index (χ2v) is 4.87. The molecule has 0 fully saturated rings. The fourth-order valence-corrected chi connectivity index (χ4v) is 2.03. The van der Waals surface area contributed by atoms with E-state index in [0.717, 1.165) is 11.1 Å². The van der Waals surface area contributed by atoms with Gasteiger partial charge in [-0.25, -0.2) is 4.79 Å². The van der Waals surface area contributed by atoms with Crippen LogP contribution in [0.3, 0.4) is 0 Å². The van der Waals surface area contributed by atoms with Crippen LogP contribution in [0.4, 0.5) is 0 Å². The second-order valence-electron chi connectivity index (χ2n) is 4.87. The first-order valence-corrected chi connectivity index (χ1v) is 6.57. The zero-order valence-electron chi connectivity index (χ0n) is 11.7. The van der Waals surface area contributed by atoms with Crippen LogP contribution >= 0.6 is 0 Å².